The van der Waals surface area contributed by atoms with E-state index in [0.717, 1.165) is 0 Å². The van der Waals surface area contributed by atoms with Crippen molar-refractivity contribution in [2.75, 3.05) is 6.61 Å². The minimum Gasteiger partial charge on any atom is -0.493 e. The maximum atomic E-state index is 14.2. The first-order chi connectivity index (χ1) is 10.1. The van der Waals surface area contributed by atoms with Gasteiger partial charge in [0.25, 0.3) is 0 Å². The second kappa shape index (κ2) is 5.20. The third kappa shape index (κ3) is 2.66. The number of nitrogens with one attached hydrogen (secondary N) is 1. The summed E-state index contributed by atoms with van der Waals surface area (Å²) >= 11 is 0. The number of amides is 1. The van der Waals surface area contributed by atoms with E-state index < -0.39 is 11.9 Å². The summed E-state index contributed by atoms with van der Waals surface area (Å²) in [6, 6.07) is 7.52. The molecule has 0 bridgehead atoms. The van der Waals surface area contributed by atoms with Crippen molar-refractivity contribution in [2.45, 2.75) is 0 Å². The van der Waals surface area contributed by atoms with Crippen LogP contribution in [0.1, 0.15) is 5.56 Å². The summed E-state index contributed by atoms with van der Waals surface area (Å²) in [5, 5.41) is 13.0. The molecule has 0 spiro atoms. The van der Waals surface area contributed by atoms with E-state index in [1.54, 1.807) is 18.2 Å². The van der Waals surface area contributed by atoms with Gasteiger partial charge in [0.1, 0.15) is 18.1 Å². The molecule has 21 heavy (non-hydrogen) atoms. The Balaban J connectivity index is 1.93. The van der Waals surface area contributed by atoms with Crippen molar-refractivity contribution in [1.29, 1.82) is 0 Å². The van der Waals surface area contributed by atoms with Crippen molar-refractivity contribution in [3.63, 3.8) is 0 Å². The van der Waals surface area contributed by atoms with Crippen LogP contribution in [0.3, 0.4) is 0 Å². The van der Waals surface area contributed by atoms with Gasteiger partial charge in [-0.15, -0.1) is 0 Å². The fourth-order valence-electron chi connectivity index (χ4n) is 1.93. The van der Waals surface area contributed by atoms with E-state index in [4.69, 9.17) is 9.84 Å². The molecule has 7 heteroatoms. The van der Waals surface area contributed by atoms with E-state index in [1.807, 2.05) is 0 Å². The van der Waals surface area contributed by atoms with Crippen LogP contribution < -0.4 is 5.43 Å². The summed E-state index contributed by atoms with van der Waals surface area (Å²) < 4.78 is 19.0. The van der Waals surface area contributed by atoms with Crippen LogP contribution in [0.2, 0.25) is 0 Å². The largest absolute Gasteiger partial charge is 0.493 e. The number of benzene rings is 1. The molecule has 0 fully saturated rings. The van der Waals surface area contributed by atoms with Crippen LogP contribution in [-0.2, 0) is 4.74 Å². The molecule has 0 unspecified atom stereocenters. The van der Waals surface area contributed by atoms with Crippen LogP contribution in [0.25, 0.3) is 11.1 Å². The lowest BCUT2D eigenvalue weighted by Gasteiger charge is -2.13. The average molecular weight is 287 g/mol. The van der Waals surface area contributed by atoms with Crippen LogP contribution in [0.4, 0.5) is 9.18 Å². The van der Waals surface area contributed by atoms with E-state index in [-0.39, 0.29) is 12.5 Å². The van der Waals surface area contributed by atoms with Crippen LogP contribution in [0.5, 0.6) is 5.88 Å². The van der Waals surface area contributed by atoms with Gasteiger partial charge in [-0.3, -0.25) is 0 Å². The molecule has 6 nitrogen and oxygen atoms in total. The van der Waals surface area contributed by atoms with Crippen LogP contribution in [0, 0.1) is 5.82 Å². The first-order valence-corrected chi connectivity index (χ1v) is 6.08. The lowest BCUT2D eigenvalue weighted by Crippen LogP contribution is -2.30. The zero-order valence-corrected chi connectivity index (χ0v) is 10.7. The number of aromatic nitrogens is 1. The molecule has 2 N–H and O–H groups in total. The third-order valence-electron chi connectivity index (χ3n) is 2.98. The third-order valence-corrected chi connectivity index (χ3v) is 2.98. The number of halogens is 1. The molecule has 0 saturated heterocycles. The number of hydrogen-bond acceptors (Lipinski definition) is 5. The first kappa shape index (κ1) is 13.0. The number of carbonyl (C=O) groups excluding carboxylic acids is 1. The zero-order chi connectivity index (χ0) is 14.8. The maximum absolute atomic E-state index is 14.2. The number of carbonyl (C=O) groups is 1. The van der Waals surface area contributed by atoms with E-state index in [9.17, 15) is 9.18 Å². The van der Waals surface area contributed by atoms with Gasteiger partial charge in [-0.05, 0) is 12.1 Å². The SMILES string of the molecule is O=C1NN=C(c2ccc(-c3ccc(O)nc3)c(F)c2)CO1. The smallest absolute Gasteiger partial charge is 0.428 e. The molecule has 3 rings (SSSR count). The lowest BCUT2D eigenvalue weighted by atomic mass is 10.0. The van der Waals surface area contributed by atoms with Gasteiger partial charge in [-0.2, -0.15) is 5.10 Å². The molecule has 0 saturated carbocycles. The minimum absolute atomic E-state index is 0.00855. The van der Waals surface area contributed by atoms with Crippen molar-refractivity contribution in [1.82, 2.24) is 10.4 Å². The molecule has 1 aromatic heterocycles. The highest BCUT2D eigenvalue weighted by atomic mass is 19.1. The van der Waals surface area contributed by atoms with Crippen LogP contribution in [0.15, 0.2) is 41.6 Å². The molecule has 106 valence electrons. The van der Waals surface area contributed by atoms with Crippen molar-refractivity contribution in [3.8, 4) is 17.0 Å². The molecule has 1 aromatic carbocycles. The molecule has 1 aliphatic heterocycles. The summed E-state index contributed by atoms with van der Waals surface area (Å²) in [5.41, 5.74) is 4.02. The standard InChI is InChI=1S/C14H10FN3O3/c15-11-5-8(12-7-21-14(20)18-17-12)1-3-10(11)9-2-4-13(19)16-6-9/h1-6H,7H2,(H,16,19)(H,18,20). The van der Waals surface area contributed by atoms with Crippen molar-refractivity contribution in [3.05, 3.63) is 47.9 Å². The van der Waals surface area contributed by atoms with E-state index in [2.05, 4.69) is 15.5 Å². The number of nitrogens with zero attached hydrogens (tertiary/aromatic N) is 2. The number of pyridine rings is 1. The quantitative estimate of drug-likeness (QED) is 0.885. The second-order valence-electron chi connectivity index (χ2n) is 4.35. The Morgan fingerprint density at radius 3 is 2.67 bits per heavy atom. The van der Waals surface area contributed by atoms with Crippen LogP contribution >= 0.6 is 0 Å². The summed E-state index contributed by atoms with van der Waals surface area (Å²) in [6.45, 7) is -0.00855. The molecule has 0 atom stereocenters. The molecular formula is C14H10FN3O3. The molecule has 0 aliphatic carbocycles. The topological polar surface area (TPSA) is 83.8 Å². The van der Waals surface area contributed by atoms with Gasteiger partial charge in [0, 0.05) is 29.0 Å². The van der Waals surface area contributed by atoms with E-state index >= 15 is 0 Å². The minimum atomic E-state index is -0.633. The maximum Gasteiger partial charge on any atom is 0.428 e. The Morgan fingerprint density at radius 1 is 1.24 bits per heavy atom. The Morgan fingerprint density at radius 2 is 2.05 bits per heavy atom. The van der Waals surface area contributed by atoms with Gasteiger partial charge >= 0.3 is 6.09 Å². The van der Waals surface area contributed by atoms with Gasteiger partial charge in [0.05, 0.1) is 0 Å². The van der Waals surface area contributed by atoms with Crippen molar-refractivity contribution >= 4 is 11.8 Å². The predicted molar refractivity (Wildman–Crippen MR) is 72.3 cm³/mol. The Bertz CT molecular complexity index is 729. The fourth-order valence-corrected chi connectivity index (χ4v) is 1.93. The number of aromatic hydroxyl groups is 1. The number of ether oxygens (including phenoxy) is 1. The monoisotopic (exact) mass is 287 g/mol. The fraction of sp³-hybridized carbons (Fsp3) is 0.0714. The lowest BCUT2D eigenvalue weighted by molar-refractivity contribution is 0.157. The van der Waals surface area contributed by atoms with Crippen LogP contribution in [-0.4, -0.2) is 28.5 Å². The Hall–Kier alpha value is -2.96. The first-order valence-electron chi connectivity index (χ1n) is 6.08. The molecule has 1 amide bonds. The molecule has 2 aromatic rings. The molecule has 0 radical (unpaired) electrons. The van der Waals surface area contributed by atoms with Gasteiger partial charge in [-0.25, -0.2) is 19.6 Å². The summed E-state index contributed by atoms with van der Waals surface area (Å²) in [6.07, 6.45) is 0.750. The van der Waals surface area contributed by atoms with Gasteiger partial charge in [0.2, 0.25) is 5.88 Å². The van der Waals surface area contributed by atoms with Gasteiger partial charge < -0.3 is 9.84 Å². The average Bonchev–Trinajstić information content (AvgIpc) is 2.49. The number of hydrogen-bond donors (Lipinski definition) is 2. The zero-order valence-electron chi connectivity index (χ0n) is 10.7. The van der Waals surface area contributed by atoms with Gasteiger partial charge in [0.15, 0.2) is 0 Å². The number of hydrazone groups is 1. The summed E-state index contributed by atoms with van der Waals surface area (Å²) in [4.78, 5) is 14.5. The molecule has 2 heterocycles. The van der Waals surface area contributed by atoms with Crippen molar-refractivity contribution in [2.24, 2.45) is 5.10 Å². The Labute approximate surface area is 118 Å². The van der Waals surface area contributed by atoms with Gasteiger partial charge in [-0.1, -0.05) is 12.1 Å². The predicted octanol–water partition coefficient (Wildman–Crippen LogP) is 2.04. The summed E-state index contributed by atoms with van der Waals surface area (Å²) in [5.74, 6) is -0.584. The molecular weight excluding hydrogens is 277 g/mol. The molecule has 1 aliphatic rings. The highest BCUT2D eigenvalue weighted by Gasteiger charge is 2.16. The summed E-state index contributed by atoms with van der Waals surface area (Å²) in [7, 11) is 0. The second-order valence-corrected chi connectivity index (χ2v) is 4.35. The van der Waals surface area contributed by atoms with E-state index in [0.29, 0.717) is 22.4 Å². The Kier molecular flexibility index (Phi) is 3.23. The van der Waals surface area contributed by atoms with E-state index in [1.165, 1.54) is 18.3 Å². The number of rotatable bonds is 2. The highest BCUT2D eigenvalue weighted by molar-refractivity contribution is 6.03. The normalized spacial score (nSPS) is 14.1. The number of cyclic esters (lactones) is 1. The highest BCUT2D eigenvalue weighted by Crippen LogP contribution is 2.24. The van der Waals surface area contributed by atoms with Crippen molar-refractivity contribution < 1.29 is 19.0 Å².